The molecule has 1 N–H and O–H groups in total. The first-order valence-corrected chi connectivity index (χ1v) is 5.71. The van der Waals surface area contributed by atoms with Crippen LogP contribution in [-0.4, -0.2) is 61.9 Å². The van der Waals surface area contributed by atoms with Gasteiger partial charge in [-0.15, -0.1) is 0 Å². The fourth-order valence-corrected chi connectivity index (χ4v) is 1.75. The second-order valence-electron chi connectivity index (χ2n) is 4.48. The second kappa shape index (κ2) is 5.84. The van der Waals surface area contributed by atoms with Crippen molar-refractivity contribution in [1.82, 2.24) is 15.1 Å². The van der Waals surface area contributed by atoms with E-state index in [1.807, 2.05) is 0 Å². The lowest BCUT2D eigenvalue weighted by atomic mass is 10.0. The van der Waals surface area contributed by atoms with Gasteiger partial charge in [0.15, 0.2) is 0 Å². The van der Waals surface area contributed by atoms with Crippen LogP contribution in [0.3, 0.4) is 0 Å². The van der Waals surface area contributed by atoms with Gasteiger partial charge in [-0.2, -0.15) is 0 Å². The Balaban J connectivity index is 2.43. The number of piperidine rings is 1. The van der Waals surface area contributed by atoms with Crippen molar-refractivity contribution >= 4 is 11.8 Å². The van der Waals surface area contributed by atoms with Crippen LogP contribution in [0.1, 0.15) is 19.3 Å². The van der Waals surface area contributed by atoms with Gasteiger partial charge in [-0.05, 0) is 19.4 Å². The molecular weight excluding hydrogens is 206 g/mol. The standard InChI is InChI=1S/C11H21N3O2/c1-13(2)10(15)8-14(3)11(16)9-6-4-5-7-12-9/h9,12H,4-8H2,1-3H3/t9-/m0/s1. The Morgan fingerprint density at radius 2 is 1.94 bits per heavy atom. The van der Waals surface area contributed by atoms with E-state index >= 15 is 0 Å². The minimum Gasteiger partial charge on any atom is -0.347 e. The molecule has 0 saturated carbocycles. The van der Waals surface area contributed by atoms with Crippen LogP contribution in [0, 0.1) is 0 Å². The number of hydrogen-bond acceptors (Lipinski definition) is 3. The molecule has 1 saturated heterocycles. The summed E-state index contributed by atoms with van der Waals surface area (Å²) in [6.07, 6.45) is 3.09. The predicted molar refractivity (Wildman–Crippen MR) is 62.0 cm³/mol. The highest BCUT2D eigenvalue weighted by Crippen LogP contribution is 2.09. The molecule has 5 nitrogen and oxygen atoms in total. The molecule has 0 bridgehead atoms. The van der Waals surface area contributed by atoms with Crippen molar-refractivity contribution in [3.05, 3.63) is 0 Å². The fourth-order valence-electron chi connectivity index (χ4n) is 1.75. The summed E-state index contributed by atoms with van der Waals surface area (Å²) in [6.45, 7) is 1.05. The van der Waals surface area contributed by atoms with Gasteiger partial charge in [0, 0.05) is 21.1 Å². The first kappa shape index (κ1) is 13.0. The number of nitrogens with zero attached hydrogens (tertiary/aromatic N) is 2. The molecule has 1 aliphatic rings. The molecule has 1 fully saturated rings. The average Bonchev–Trinajstić information content (AvgIpc) is 2.28. The molecular formula is C11H21N3O2. The van der Waals surface area contributed by atoms with Crippen LogP contribution in [0.2, 0.25) is 0 Å². The lowest BCUT2D eigenvalue weighted by Crippen LogP contribution is -2.49. The van der Waals surface area contributed by atoms with Gasteiger partial charge in [0.25, 0.3) is 0 Å². The third-order valence-corrected chi connectivity index (χ3v) is 2.86. The molecule has 1 atom stereocenters. The van der Waals surface area contributed by atoms with E-state index in [9.17, 15) is 9.59 Å². The van der Waals surface area contributed by atoms with Crippen molar-refractivity contribution in [3.8, 4) is 0 Å². The Morgan fingerprint density at radius 3 is 2.44 bits per heavy atom. The van der Waals surface area contributed by atoms with Gasteiger partial charge in [-0.1, -0.05) is 6.42 Å². The largest absolute Gasteiger partial charge is 0.347 e. The smallest absolute Gasteiger partial charge is 0.241 e. The molecule has 0 radical (unpaired) electrons. The summed E-state index contributed by atoms with van der Waals surface area (Å²) >= 11 is 0. The zero-order valence-corrected chi connectivity index (χ0v) is 10.3. The Bertz CT molecular complexity index is 260. The molecule has 1 heterocycles. The van der Waals surface area contributed by atoms with Crippen molar-refractivity contribution in [2.45, 2.75) is 25.3 Å². The van der Waals surface area contributed by atoms with Crippen molar-refractivity contribution in [2.24, 2.45) is 0 Å². The van der Waals surface area contributed by atoms with Crippen LogP contribution >= 0.6 is 0 Å². The Morgan fingerprint density at radius 1 is 1.25 bits per heavy atom. The van der Waals surface area contributed by atoms with Crippen molar-refractivity contribution in [3.63, 3.8) is 0 Å². The van der Waals surface area contributed by atoms with E-state index in [1.54, 1.807) is 21.1 Å². The lowest BCUT2D eigenvalue weighted by molar-refractivity contribution is -0.139. The summed E-state index contributed by atoms with van der Waals surface area (Å²) in [5.41, 5.74) is 0. The van der Waals surface area contributed by atoms with Crippen molar-refractivity contribution in [2.75, 3.05) is 34.2 Å². The molecule has 92 valence electrons. The molecule has 5 heteroatoms. The average molecular weight is 227 g/mol. The number of nitrogens with one attached hydrogen (secondary N) is 1. The highest BCUT2D eigenvalue weighted by atomic mass is 16.2. The summed E-state index contributed by atoms with van der Waals surface area (Å²) in [7, 11) is 5.07. The van der Waals surface area contributed by atoms with Gasteiger partial charge in [0.05, 0.1) is 12.6 Å². The molecule has 1 rings (SSSR count). The molecule has 2 amide bonds. The Kier molecular flexibility index (Phi) is 4.73. The Hall–Kier alpha value is -1.10. The minimum atomic E-state index is -0.103. The van der Waals surface area contributed by atoms with E-state index in [4.69, 9.17) is 0 Å². The van der Waals surface area contributed by atoms with Crippen LogP contribution in [0.25, 0.3) is 0 Å². The van der Waals surface area contributed by atoms with E-state index in [1.165, 1.54) is 9.80 Å². The number of carbonyl (C=O) groups is 2. The number of hydrogen-bond donors (Lipinski definition) is 1. The molecule has 0 unspecified atom stereocenters. The molecule has 0 aromatic rings. The quantitative estimate of drug-likeness (QED) is 0.718. The summed E-state index contributed by atoms with van der Waals surface area (Å²) < 4.78 is 0. The van der Waals surface area contributed by atoms with E-state index in [0.717, 1.165) is 25.8 Å². The van der Waals surface area contributed by atoms with Gasteiger partial charge < -0.3 is 15.1 Å². The van der Waals surface area contributed by atoms with Crippen LogP contribution < -0.4 is 5.32 Å². The van der Waals surface area contributed by atoms with E-state index in [-0.39, 0.29) is 24.4 Å². The van der Waals surface area contributed by atoms with Crippen molar-refractivity contribution < 1.29 is 9.59 Å². The SMILES string of the molecule is CN(C)C(=O)CN(C)C(=O)[C@@H]1CCCCN1. The maximum Gasteiger partial charge on any atom is 0.241 e. The zero-order valence-electron chi connectivity index (χ0n) is 10.3. The van der Waals surface area contributed by atoms with Gasteiger partial charge in [-0.3, -0.25) is 9.59 Å². The normalized spacial score (nSPS) is 20.3. The third-order valence-electron chi connectivity index (χ3n) is 2.86. The van der Waals surface area contributed by atoms with Crippen LogP contribution in [-0.2, 0) is 9.59 Å². The van der Waals surface area contributed by atoms with Gasteiger partial charge >= 0.3 is 0 Å². The van der Waals surface area contributed by atoms with Crippen molar-refractivity contribution in [1.29, 1.82) is 0 Å². The molecule has 16 heavy (non-hydrogen) atoms. The van der Waals surface area contributed by atoms with E-state index < -0.39 is 0 Å². The van der Waals surface area contributed by atoms with E-state index in [2.05, 4.69) is 5.32 Å². The predicted octanol–water partition coefficient (Wildman–Crippen LogP) is -0.325. The van der Waals surface area contributed by atoms with E-state index in [0.29, 0.717) is 0 Å². The van der Waals surface area contributed by atoms with Gasteiger partial charge in [0.1, 0.15) is 0 Å². The third kappa shape index (κ3) is 3.48. The minimum absolute atomic E-state index is 0.0231. The topological polar surface area (TPSA) is 52.7 Å². The highest BCUT2D eigenvalue weighted by molar-refractivity contribution is 5.87. The molecule has 1 aliphatic heterocycles. The number of carbonyl (C=O) groups excluding carboxylic acids is 2. The molecule has 0 spiro atoms. The molecule has 0 aromatic carbocycles. The maximum absolute atomic E-state index is 11.9. The van der Waals surface area contributed by atoms with Crippen LogP contribution in [0.4, 0.5) is 0 Å². The number of likely N-dealkylation sites (N-methyl/N-ethyl adjacent to an activating group) is 2. The first-order chi connectivity index (χ1) is 7.52. The number of rotatable bonds is 3. The fraction of sp³-hybridized carbons (Fsp3) is 0.818. The summed E-state index contributed by atoms with van der Waals surface area (Å²) in [4.78, 5) is 26.4. The first-order valence-electron chi connectivity index (χ1n) is 5.71. The summed E-state index contributed by atoms with van der Waals surface area (Å²) in [5, 5.41) is 3.19. The lowest BCUT2D eigenvalue weighted by Gasteiger charge is -2.27. The van der Waals surface area contributed by atoms with Gasteiger partial charge in [0.2, 0.25) is 11.8 Å². The van der Waals surface area contributed by atoms with Gasteiger partial charge in [-0.25, -0.2) is 0 Å². The summed E-state index contributed by atoms with van der Waals surface area (Å²) in [5.74, 6) is -0.0263. The number of amides is 2. The second-order valence-corrected chi connectivity index (χ2v) is 4.48. The highest BCUT2D eigenvalue weighted by Gasteiger charge is 2.24. The van der Waals surface area contributed by atoms with Crippen LogP contribution in [0.5, 0.6) is 0 Å². The monoisotopic (exact) mass is 227 g/mol. The zero-order chi connectivity index (χ0) is 12.1. The Labute approximate surface area is 96.8 Å². The maximum atomic E-state index is 11.9. The molecule has 0 aliphatic carbocycles. The summed E-state index contributed by atoms with van der Waals surface area (Å²) in [6, 6.07) is -0.103. The van der Waals surface area contributed by atoms with Crippen LogP contribution in [0.15, 0.2) is 0 Å². The molecule has 0 aromatic heterocycles.